The van der Waals surface area contributed by atoms with Crippen molar-refractivity contribution in [1.82, 2.24) is 4.90 Å². The molecule has 5 heteroatoms. The molecule has 2 nitrogen and oxygen atoms in total. The van der Waals surface area contributed by atoms with Crippen molar-refractivity contribution in [3.05, 3.63) is 70.8 Å². The third-order valence-electron chi connectivity index (χ3n) is 4.30. The second-order valence-corrected chi connectivity index (χ2v) is 6.08. The topological polar surface area (TPSA) is 20.3 Å². The molecule has 0 aliphatic carbocycles. The van der Waals surface area contributed by atoms with Gasteiger partial charge in [-0.2, -0.15) is 13.2 Å². The smallest absolute Gasteiger partial charge is 0.299 e. The van der Waals surface area contributed by atoms with Gasteiger partial charge in [-0.15, -0.1) is 0 Å². The predicted octanol–water partition coefficient (Wildman–Crippen LogP) is 4.53. The van der Waals surface area contributed by atoms with Crippen LogP contribution in [0.5, 0.6) is 0 Å². The number of hydrogen-bond donors (Lipinski definition) is 0. The SMILES string of the molecule is O=C(c1ccc(CN2CCCC2)cc1)c1ccc(C(F)(F)F)cc1. The molecular formula is C19H18F3NO. The van der Waals surface area contributed by atoms with E-state index in [0.29, 0.717) is 5.56 Å². The summed E-state index contributed by atoms with van der Waals surface area (Å²) < 4.78 is 37.7. The van der Waals surface area contributed by atoms with Gasteiger partial charge in [0.1, 0.15) is 0 Å². The van der Waals surface area contributed by atoms with Crippen LogP contribution in [-0.4, -0.2) is 23.8 Å². The molecule has 126 valence electrons. The van der Waals surface area contributed by atoms with Crippen LogP contribution in [0, 0.1) is 0 Å². The van der Waals surface area contributed by atoms with Crippen molar-refractivity contribution in [3.63, 3.8) is 0 Å². The Kier molecular flexibility index (Phi) is 4.71. The zero-order valence-electron chi connectivity index (χ0n) is 13.1. The third-order valence-corrected chi connectivity index (χ3v) is 4.30. The second-order valence-electron chi connectivity index (χ2n) is 6.08. The van der Waals surface area contributed by atoms with Crippen LogP contribution in [0.1, 0.15) is 39.9 Å². The number of likely N-dealkylation sites (tertiary alicyclic amines) is 1. The Bertz CT molecular complexity index is 699. The summed E-state index contributed by atoms with van der Waals surface area (Å²) in [5.41, 5.74) is 1.14. The average Bonchev–Trinajstić information content (AvgIpc) is 3.07. The molecule has 1 fully saturated rings. The van der Waals surface area contributed by atoms with Crippen molar-refractivity contribution in [2.24, 2.45) is 0 Å². The Labute approximate surface area is 138 Å². The molecule has 1 aliphatic heterocycles. The number of nitrogens with zero attached hydrogens (tertiary/aromatic N) is 1. The highest BCUT2D eigenvalue weighted by atomic mass is 19.4. The normalized spacial score (nSPS) is 15.6. The van der Waals surface area contributed by atoms with E-state index < -0.39 is 11.7 Å². The summed E-state index contributed by atoms with van der Waals surface area (Å²) in [5.74, 6) is -0.267. The van der Waals surface area contributed by atoms with Crippen LogP contribution in [-0.2, 0) is 12.7 Å². The Morgan fingerprint density at radius 2 is 1.38 bits per heavy atom. The van der Waals surface area contributed by atoms with Gasteiger partial charge in [0.05, 0.1) is 5.56 Å². The Hall–Kier alpha value is -2.14. The fourth-order valence-electron chi connectivity index (χ4n) is 2.94. The highest BCUT2D eigenvalue weighted by Crippen LogP contribution is 2.29. The van der Waals surface area contributed by atoms with Crippen molar-refractivity contribution in [3.8, 4) is 0 Å². The fourth-order valence-corrected chi connectivity index (χ4v) is 2.94. The first-order valence-corrected chi connectivity index (χ1v) is 7.97. The summed E-state index contributed by atoms with van der Waals surface area (Å²) in [4.78, 5) is 14.7. The van der Waals surface area contributed by atoms with E-state index in [1.54, 1.807) is 12.1 Å². The maximum absolute atomic E-state index is 12.6. The molecule has 0 unspecified atom stereocenters. The van der Waals surface area contributed by atoms with Crippen LogP contribution in [0.4, 0.5) is 13.2 Å². The molecule has 0 bridgehead atoms. The summed E-state index contributed by atoms with van der Waals surface area (Å²) in [6.45, 7) is 3.08. The van der Waals surface area contributed by atoms with E-state index in [9.17, 15) is 18.0 Å². The molecule has 0 spiro atoms. The molecule has 3 rings (SSSR count). The molecule has 0 saturated carbocycles. The van der Waals surface area contributed by atoms with E-state index in [1.807, 2.05) is 12.1 Å². The van der Waals surface area contributed by atoms with Gasteiger partial charge in [0.15, 0.2) is 5.78 Å². The number of carbonyl (C=O) groups excluding carboxylic acids is 1. The van der Waals surface area contributed by atoms with Crippen molar-refractivity contribution in [2.75, 3.05) is 13.1 Å². The zero-order valence-corrected chi connectivity index (χ0v) is 13.1. The van der Waals surface area contributed by atoms with E-state index in [0.717, 1.165) is 37.3 Å². The lowest BCUT2D eigenvalue weighted by Crippen LogP contribution is -2.18. The van der Waals surface area contributed by atoms with Gasteiger partial charge in [-0.05, 0) is 43.6 Å². The highest BCUT2D eigenvalue weighted by Gasteiger charge is 2.30. The molecule has 0 radical (unpaired) electrons. The molecular weight excluding hydrogens is 315 g/mol. The molecule has 1 heterocycles. The van der Waals surface area contributed by atoms with Gasteiger partial charge in [0.2, 0.25) is 0 Å². The summed E-state index contributed by atoms with van der Waals surface area (Å²) in [7, 11) is 0. The van der Waals surface area contributed by atoms with Gasteiger partial charge in [0, 0.05) is 17.7 Å². The number of alkyl halides is 3. The lowest BCUT2D eigenvalue weighted by Gasteiger charge is -2.14. The zero-order chi connectivity index (χ0) is 17.2. The van der Waals surface area contributed by atoms with Crippen LogP contribution >= 0.6 is 0 Å². The minimum atomic E-state index is -4.39. The summed E-state index contributed by atoms with van der Waals surface area (Å²) in [6.07, 6.45) is -1.94. The molecule has 0 N–H and O–H groups in total. The van der Waals surface area contributed by atoms with E-state index in [1.165, 1.54) is 25.0 Å². The standard InChI is InChI=1S/C19H18F3NO/c20-19(21,22)17-9-7-16(8-10-17)18(24)15-5-3-14(4-6-15)13-23-11-1-2-12-23/h3-10H,1-2,11-13H2. The minimum Gasteiger partial charge on any atom is -0.299 e. The Morgan fingerprint density at radius 3 is 1.88 bits per heavy atom. The molecule has 0 atom stereocenters. The van der Waals surface area contributed by atoms with E-state index >= 15 is 0 Å². The quantitative estimate of drug-likeness (QED) is 0.766. The van der Waals surface area contributed by atoms with Gasteiger partial charge in [-0.3, -0.25) is 9.69 Å². The third kappa shape index (κ3) is 3.85. The van der Waals surface area contributed by atoms with Gasteiger partial charge < -0.3 is 0 Å². The summed E-state index contributed by atoms with van der Waals surface area (Å²) in [5, 5.41) is 0. The Morgan fingerprint density at radius 1 is 0.875 bits per heavy atom. The maximum atomic E-state index is 12.6. The number of carbonyl (C=O) groups is 1. The molecule has 0 amide bonds. The number of halogens is 3. The van der Waals surface area contributed by atoms with Crippen molar-refractivity contribution in [1.29, 1.82) is 0 Å². The molecule has 2 aromatic rings. The first kappa shape index (κ1) is 16.7. The van der Waals surface area contributed by atoms with Gasteiger partial charge in [-0.1, -0.05) is 36.4 Å². The van der Waals surface area contributed by atoms with Crippen LogP contribution < -0.4 is 0 Å². The van der Waals surface area contributed by atoms with E-state index in [4.69, 9.17) is 0 Å². The number of hydrogen-bond acceptors (Lipinski definition) is 2. The second kappa shape index (κ2) is 6.77. The van der Waals surface area contributed by atoms with Crippen LogP contribution in [0.25, 0.3) is 0 Å². The summed E-state index contributed by atoms with van der Waals surface area (Å²) in [6, 6.07) is 11.6. The fraction of sp³-hybridized carbons (Fsp3) is 0.316. The van der Waals surface area contributed by atoms with Gasteiger partial charge in [-0.25, -0.2) is 0 Å². The van der Waals surface area contributed by atoms with Gasteiger partial charge >= 0.3 is 6.18 Å². The maximum Gasteiger partial charge on any atom is 0.416 e. The molecule has 0 aromatic heterocycles. The first-order chi connectivity index (χ1) is 11.4. The van der Waals surface area contributed by atoms with Crippen molar-refractivity contribution >= 4 is 5.78 Å². The van der Waals surface area contributed by atoms with E-state index in [-0.39, 0.29) is 11.3 Å². The van der Waals surface area contributed by atoms with Crippen LogP contribution in [0.2, 0.25) is 0 Å². The minimum absolute atomic E-state index is 0.260. The number of benzene rings is 2. The lowest BCUT2D eigenvalue weighted by atomic mass is 10.0. The average molecular weight is 333 g/mol. The number of rotatable bonds is 4. The van der Waals surface area contributed by atoms with Crippen molar-refractivity contribution in [2.45, 2.75) is 25.6 Å². The predicted molar refractivity (Wildman–Crippen MR) is 85.8 cm³/mol. The lowest BCUT2D eigenvalue weighted by molar-refractivity contribution is -0.137. The summed E-state index contributed by atoms with van der Waals surface area (Å²) >= 11 is 0. The largest absolute Gasteiger partial charge is 0.416 e. The molecule has 24 heavy (non-hydrogen) atoms. The first-order valence-electron chi connectivity index (χ1n) is 7.97. The molecule has 1 aliphatic rings. The Balaban J connectivity index is 1.70. The monoisotopic (exact) mass is 333 g/mol. The van der Waals surface area contributed by atoms with Gasteiger partial charge in [0.25, 0.3) is 0 Å². The van der Waals surface area contributed by atoms with E-state index in [2.05, 4.69) is 4.90 Å². The molecule has 1 saturated heterocycles. The van der Waals surface area contributed by atoms with Crippen LogP contribution in [0.15, 0.2) is 48.5 Å². The van der Waals surface area contributed by atoms with Crippen molar-refractivity contribution < 1.29 is 18.0 Å². The molecule has 2 aromatic carbocycles. The number of ketones is 1. The van der Waals surface area contributed by atoms with Crippen LogP contribution in [0.3, 0.4) is 0 Å². The highest BCUT2D eigenvalue weighted by molar-refractivity contribution is 6.09.